The molecule has 0 aromatic heterocycles. The number of carbonyl (C=O) groups is 1. The third-order valence-electron chi connectivity index (χ3n) is 2.25. The van der Waals surface area contributed by atoms with Crippen molar-refractivity contribution in [3.63, 3.8) is 0 Å². The van der Waals surface area contributed by atoms with Crippen molar-refractivity contribution in [2.45, 2.75) is 19.4 Å². The smallest absolute Gasteiger partial charge is 0.255 e. The van der Waals surface area contributed by atoms with Crippen molar-refractivity contribution >= 4 is 17.5 Å². The van der Waals surface area contributed by atoms with Crippen LogP contribution in [0.4, 0.5) is 0 Å². The summed E-state index contributed by atoms with van der Waals surface area (Å²) in [7, 11) is 0. The number of aromatic hydroxyl groups is 1. The summed E-state index contributed by atoms with van der Waals surface area (Å²) in [6, 6.07) is 4.25. The Bertz CT molecular complexity index is 382. The maximum atomic E-state index is 11.7. The Labute approximate surface area is 99.4 Å². The summed E-state index contributed by atoms with van der Waals surface area (Å²) in [5.74, 6) is -0.462. The van der Waals surface area contributed by atoms with E-state index in [-0.39, 0.29) is 23.3 Å². The number of nitrogens with two attached hydrogens (primary N) is 1. The van der Waals surface area contributed by atoms with Gasteiger partial charge in [0.25, 0.3) is 5.91 Å². The molecule has 0 saturated heterocycles. The molecule has 0 fully saturated rings. The van der Waals surface area contributed by atoms with Gasteiger partial charge in [-0.1, -0.05) is 18.5 Å². The van der Waals surface area contributed by atoms with E-state index < -0.39 is 0 Å². The number of amides is 1. The molecule has 5 heteroatoms. The lowest BCUT2D eigenvalue weighted by molar-refractivity contribution is 0.0948. The fraction of sp³-hybridized carbons (Fsp3) is 0.364. The average molecular weight is 243 g/mol. The van der Waals surface area contributed by atoms with E-state index in [2.05, 4.69) is 5.32 Å². The average Bonchev–Trinajstić information content (AvgIpc) is 2.28. The van der Waals surface area contributed by atoms with Crippen molar-refractivity contribution in [2.75, 3.05) is 6.54 Å². The second-order valence-corrected chi connectivity index (χ2v) is 3.98. The van der Waals surface area contributed by atoms with Crippen LogP contribution >= 0.6 is 11.6 Å². The lowest BCUT2D eigenvalue weighted by Gasteiger charge is -2.11. The zero-order chi connectivity index (χ0) is 12.1. The summed E-state index contributed by atoms with van der Waals surface area (Å²) in [6.45, 7) is 2.31. The highest BCUT2D eigenvalue weighted by Gasteiger charge is 2.12. The molecule has 0 aliphatic heterocycles. The van der Waals surface area contributed by atoms with Gasteiger partial charge in [0.1, 0.15) is 5.75 Å². The summed E-state index contributed by atoms with van der Waals surface area (Å²) in [5.41, 5.74) is 5.83. The van der Waals surface area contributed by atoms with Crippen LogP contribution in [0.2, 0.25) is 5.02 Å². The van der Waals surface area contributed by atoms with E-state index in [0.717, 1.165) is 6.42 Å². The van der Waals surface area contributed by atoms with E-state index >= 15 is 0 Å². The Morgan fingerprint density at radius 2 is 2.31 bits per heavy atom. The molecule has 4 nitrogen and oxygen atoms in total. The lowest BCUT2D eigenvalue weighted by Crippen LogP contribution is -2.36. The molecule has 0 aliphatic rings. The minimum atomic E-state index is -0.371. The number of hydrogen-bond donors (Lipinski definition) is 3. The van der Waals surface area contributed by atoms with Gasteiger partial charge in [-0.25, -0.2) is 0 Å². The zero-order valence-electron chi connectivity index (χ0n) is 9.03. The summed E-state index contributed by atoms with van der Waals surface area (Å²) in [5, 5.41) is 12.5. The Kier molecular flexibility index (Phi) is 4.58. The van der Waals surface area contributed by atoms with Gasteiger partial charge in [-0.15, -0.1) is 0 Å². The third-order valence-corrected chi connectivity index (χ3v) is 2.49. The molecule has 0 aliphatic carbocycles. The quantitative estimate of drug-likeness (QED) is 0.749. The largest absolute Gasteiger partial charge is 0.507 e. The summed E-state index contributed by atoms with van der Waals surface area (Å²) < 4.78 is 0. The van der Waals surface area contributed by atoms with Gasteiger partial charge < -0.3 is 16.2 Å². The summed E-state index contributed by atoms with van der Waals surface area (Å²) >= 11 is 5.74. The Morgan fingerprint density at radius 3 is 2.94 bits per heavy atom. The molecule has 0 bridgehead atoms. The molecule has 0 heterocycles. The van der Waals surface area contributed by atoms with E-state index in [1.165, 1.54) is 18.2 Å². The fourth-order valence-electron chi connectivity index (χ4n) is 1.15. The van der Waals surface area contributed by atoms with Crippen LogP contribution in [0.5, 0.6) is 5.75 Å². The van der Waals surface area contributed by atoms with Crippen molar-refractivity contribution in [2.24, 2.45) is 5.73 Å². The van der Waals surface area contributed by atoms with Gasteiger partial charge in [-0.3, -0.25) is 4.79 Å². The van der Waals surface area contributed by atoms with E-state index in [9.17, 15) is 9.90 Å². The molecule has 0 saturated carbocycles. The van der Waals surface area contributed by atoms with Crippen LogP contribution < -0.4 is 11.1 Å². The monoisotopic (exact) mass is 242 g/mol. The van der Waals surface area contributed by atoms with Gasteiger partial charge in [0, 0.05) is 17.6 Å². The topological polar surface area (TPSA) is 75.3 Å². The van der Waals surface area contributed by atoms with Gasteiger partial charge in [-0.05, 0) is 24.6 Å². The number of rotatable bonds is 4. The van der Waals surface area contributed by atoms with E-state index in [1.807, 2.05) is 6.92 Å². The maximum absolute atomic E-state index is 11.7. The summed E-state index contributed by atoms with van der Waals surface area (Å²) in [4.78, 5) is 11.7. The molecule has 4 N–H and O–H groups in total. The number of nitrogens with one attached hydrogen (secondary N) is 1. The number of carbonyl (C=O) groups excluding carboxylic acids is 1. The number of phenolic OH excluding ortho intramolecular Hbond substituents is 1. The zero-order valence-corrected chi connectivity index (χ0v) is 9.79. The molecule has 88 valence electrons. The van der Waals surface area contributed by atoms with E-state index in [1.54, 1.807) is 0 Å². The van der Waals surface area contributed by atoms with Gasteiger partial charge in [0.15, 0.2) is 0 Å². The SMILES string of the molecule is CCC(N)CNC(=O)c1cc(Cl)ccc1O. The molecular formula is C11H15ClN2O2. The lowest BCUT2D eigenvalue weighted by atomic mass is 10.1. The first kappa shape index (κ1) is 12.8. The predicted molar refractivity (Wildman–Crippen MR) is 63.7 cm³/mol. The molecule has 1 aromatic carbocycles. The highest BCUT2D eigenvalue weighted by molar-refractivity contribution is 6.31. The van der Waals surface area contributed by atoms with Crippen LogP contribution in [-0.2, 0) is 0 Å². The molecule has 1 atom stereocenters. The third kappa shape index (κ3) is 3.40. The van der Waals surface area contributed by atoms with Crippen molar-refractivity contribution < 1.29 is 9.90 Å². The van der Waals surface area contributed by atoms with Crippen molar-refractivity contribution in [1.82, 2.24) is 5.32 Å². The van der Waals surface area contributed by atoms with Crippen LogP contribution in [0, 0.1) is 0 Å². The second-order valence-electron chi connectivity index (χ2n) is 3.54. The highest BCUT2D eigenvalue weighted by atomic mass is 35.5. The van der Waals surface area contributed by atoms with Gasteiger partial charge in [-0.2, -0.15) is 0 Å². The molecule has 1 rings (SSSR count). The van der Waals surface area contributed by atoms with E-state index in [0.29, 0.717) is 11.6 Å². The van der Waals surface area contributed by atoms with Crippen LogP contribution in [0.1, 0.15) is 23.7 Å². The first-order chi connectivity index (χ1) is 7.54. The number of halogens is 1. The molecule has 0 radical (unpaired) electrons. The normalized spacial score (nSPS) is 12.2. The van der Waals surface area contributed by atoms with Crippen LogP contribution in [0.3, 0.4) is 0 Å². The van der Waals surface area contributed by atoms with Crippen LogP contribution in [0.15, 0.2) is 18.2 Å². The molecule has 1 unspecified atom stereocenters. The Hall–Kier alpha value is -1.26. The molecule has 1 amide bonds. The first-order valence-corrected chi connectivity index (χ1v) is 5.44. The van der Waals surface area contributed by atoms with Gasteiger partial charge in [0.05, 0.1) is 5.56 Å². The van der Waals surface area contributed by atoms with Crippen molar-refractivity contribution in [1.29, 1.82) is 0 Å². The minimum absolute atomic E-state index is 0.0784. The Balaban J connectivity index is 2.69. The van der Waals surface area contributed by atoms with Gasteiger partial charge >= 0.3 is 0 Å². The number of phenols is 1. The van der Waals surface area contributed by atoms with Crippen molar-refractivity contribution in [3.05, 3.63) is 28.8 Å². The van der Waals surface area contributed by atoms with E-state index in [4.69, 9.17) is 17.3 Å². The minimum Gasteiger partial charge on any atom is -0.507 e. The van der Waals surface area contributed by atoms with Gasteiger partial charge in [0.2, 0.25) is 0 Å². The Morgan fingerprint density at radius 1 is 1.62 bits per heavy atom. The number of hydrogen-bond acceptors (Lipinski definition) is 3. The molecule has 16 heavy (non-hydrogen) atoms. The molecule has 0 spiro atoms. The van der Waals surface area contributed by atoms with Crippen LogP contribution in [0.25, 0.3) is 0 Å². The first-order valence-electron chi connectivity index (χ1n) is 5.07. The fourth-order valence-corrected chi connectivity index (χ4v) is 1.33. The van der Waals surface area contributed by atoms with Crippen LogP contribution in [-0.4, -0.2) is 23.6 Å². The predicted octanol–water partition coefficient (Wildman–Crippen LogP) is 1.51. The molecule has 1 aromatic rings. The standard InChI is InChI=1S/C11H15ClN2O2/c1-2-8(13)6-14-11(16)9-5-7(12)3-4-10(9)15/h3-5,8,15H,2,6,13H2,1H3,(H,14,16). The van der Waals surface area contributed by atoms with Crippen molar-refractivity contribution in [3.8, 4) is 5.75 Å². The molecular weight excluding hydrogens is 228 g/mol. The maximum Gasteiger partial charge on any atom is 0.255 e. The number of benzene rings is 1. The highest BCUT2D eigenvalue weighted by Crippen LogP contribution is 2.21. The second kappa shape index (κ2) is 5.72. The summed E-state index contributed by atoms with van der Waals surface area (Å²) in [6.07, 6.45) is 0.780.